The van der Waals surface area contributed by atoms with Gasteiger partial charge in [0.05, 0.1) is 18.1 Å². The minimum Gasteiger partial charge on any atom is -0.477 e. The summed E-state index contributed by atoms with van der Waals surface area (Å²) in [5.74, 6) is -1.22. The van der Waals surface area contributed by atoms with Gasteiger partial charge in [-0.1, -0.05) is 0 Å². The van der Waals surface area contributed by atoms with Gasteiger partial charge in [0.15, 0.2) is 9.84 Å². The summed E-state index contributed by atoms with van der Waals surface area (Å²) in [6, 6.07) is 1.42. The first kappa shape index (κ1) is 14.1. The number of aromatic carboxylic acids is 1. The van der Waals surface area contributed by atoms with Crippen LogP contribution in [0.2, 0.25) is 0 Å². The van der Waals surface area contributed by atoms with Crippen molar-refractivity contribution in [2.45, 2.75) is 12.7 Å². The van der Waals surface area contributed by atoms with Gasteiger partial charge in [-0.2, -0.15) is 0 Å². The zero-order chi connectivity index (χ0) is 13.1. The minimum absolute atomic E-state index is 0.0544. The Labute approximate surface area is 104 Å². The first-order valence-electron chi connectivity index (χ1n) is 4.87. The maximum atomic E-state index is 11.7. The average molecular weight is 278 g/mol. The summed E-state index contributed by atoms with van der Waals surface area (Å²) in [6.45, 7) is 1.87. The van der Waals surface area contributed by atoms with E-state index in [1.54, 1.807) is 6.92 Å². The number of hydrogen-bond donors (Lipinski definition) is 1. The number of carboxylic acid groups (broad SMARTS) is 1. The van der Waals surface area contributed by atoms with E-state index < -0.39 is 15.8 Å². The van der Waals surface area contributed by atoms with Crippen LogP contribution in [-0.4, -0.2) is 39.0 Å². The molecule has 0 aliphatic rings. The molecule has 1 rings (SSSR count). The van der Waals surface area contributed by atoms with E-state index in [-0.39, 0.29) is 23.0 Å². The molecule has 5 nitrogen and oxygen atoms in total. The molecule has 0 saturated heterocycles. The highest BCUT2D eigenvalue weighted by molar-refractivity contribution is 7.90. The molecular weight excluding hydrogens is 264 g/mol. The molecule has 0 amide bonds. The van der Waals surface area contributed by atoms with Gasteiger partial charge in [0.2, 0.25) is 0 Å². The quantitative estimate of drug-likeness (QED) is 0.848. The van der Waals surface area contributed by atoms with Crippen molar-refractivity contribution >= 4 is 27.1 Å². The third-order valence-electron chi connectivity index (χ3n) is 2.21. The van der Waals surface area contributed by atoms with Gasteiger partial charge >= 0.3 is 5.97 Å². The summed E-state index contributed by atoms with van der Waals surface area (Å²) in [4.78, 5) is 11.6. The van der Waals surface area contributed by atoms with Crippen molar-refractivity contribution in [3.63, 3.8) is 0 Å². The Morgan fingerprint density at radius 3 is 2.65 bits per heavy atom. The Kier molecular flexibility index (Phi) is 4.67. The van der Waals surface area contributed by atoms with Crippen LogP contribution in [0.5, 0.6) is 0 Å². The Morgan fingerprint density at radius 2 is 2.18 bits per heavy atom. The number of methoxy groups -OCH3 is 1. The summed E-state index contributed by atoms with van der Waals surface area (Å²) in [7, 11) is -1.80. The molecule has 1 aromatic heterocycles. The molecule has 0 unspecified atom stereocenters. The second-order valence-electron chi connectivity index (χ2n) is 3.58. The maximum absolute atomic E-state index is 11.7. The van der Waals surface area contributed by atoms with Crippen LogP contribution in [0.15, 0.2) is 6.07 Å². The molecule has 17 heavy (non-hydrogen) atoms. The third-order valence-corrected chi connectivity index (χ3v) is 4.83. The standard InChI is InChI=1S/C10H14O5S2/c1-7-8(5-9(16-7)10(11)12)6-17(13,14)4-3-15-2/h5H,3-4,6H2,1-2H3,(H,11,12). The molecule has 0 saturated carbocycles. The van der Waals surface area contributed by atoms with Gasteiger partial charge in [0, 0.05) is 12.0 Å². The normalized spacial score (nSPS) is 11.6. The molecule has 0 bridgehead atoms. The second-order valence-corrected chi connectivity index (χ2v) is 7.02. The topological polar surface area (TPSA) is 80.7 Å². The highest BCUT2D eigenvalue weighted by Crippen LogP contribution is 2.23. The molecule has 0 fully saturated rings. The maximum Gasteiger partial charge on any atom is 0.345 e. The predicted molar refractivity (Wildman–Crippen MR) is 65.4 cm³/mol. The molecule has 0 aliphatic heterocycles. The summed E-state index contributed by atoms with van der Waals surface area (Å²) in [6.07, 6.45) is 0. The largest absolute Gasteiger partial charge is 0.477 e. The van der Waals surface area contributed by atoms with Gasteiger partial charge in [-0.15, -0.1) is 11.3 Å². The first-order chi connectivity index (χ1) is 7.85. The average Bonchev–Trinajstić information content (AvgIpc) is 2.57. The zero-order valence-electron chi connectivity index (χ0n) is 9.60. The van der Waals surface area contributed by atoms with E-state index >= 15 is 0 Å². The van der Waals surface area contributed by atoms with Crippen LogP contribution in [-0.2, 0) is 20.3 Å². The van der Waals surface area contributed by atoms with E-state index in [1.165, 1.54) is 13.2 Å². The lowest BCUT2D eigenvalue weighted by atomic mass is 10.3. The second kappa shape index (κ2) is 5.61. The lowest BCUT2D eigenvalue weighted by Crippen LogP contribution is -2.13. The van der Waals surface area contributed by atoms with E-state index in [2.05, 4.69) is 0 Å². The molecule has 96 valence electrons. The molecule has 7 heteroatoms. The fourth-order valence-corrected chi connectivity index (χ4v) is 3.60. The number of carbonyl (C=O) groups is 1. The highest BCUT2D eigenvalue weighted by atomic mass is 32.2. The van der Waals surface area contributed by atoms with E-state index in [9.17, 15) is 13.2 Å². The van der Waals surface area contributed by atoms with Crippen LogP contribution >= 0.6 is 11.3 Å². The van der Waals surface area contributed by atoms with Crippen molar-refractivity contribution in [2.75, 3.05) is 19.5 Å². The van der Waals surface area contributed by atoms with Crippen LogP contribution in [0.3, 0.4) is 0 Å². The molecule has 1 N–H and O–H groups in total. The molecule has 0 aliphatic carbocycles. The van der Waals surface area contributed by atoms with Gasteiger partial charge in [-0.25, -0.2) is 13.2 Å². The smallest absolute Gasteiger partial charge is 0.345 e. The van der Waals surface area contributed by atoms with Crippen LogP contribution in [0, 0.1) is 6.92 Å². The number of sulfone groups is 1. The van der Waals surface area contributed by atoms with Crippen LogP contribution in [0.25, 0.3) is 0 Å². The SMILES string of the molecule is COCCS(=O)(=O)Cc1cc(C(=O)O)sc1C. The van der Waals surface area contributed by atoms with E-state index in [4.69, 9.17) is 9.84 Å². The molecule has 0 radical (unpaired) electrons. The van der Waals surface area contributed by atoms with Crippen LogP contribution in [0.1, 0.15) is 20.1 Å². The number of thiophene rings is 1. The minimum atomic E-state index is -3.24. The third kappa shape index (κ3) is 4.10. The fourth-order valence-electron chi connectivity index (χ4n) is 1.29. The van der Waals surface area contributed by atoms with Crippen molar-refractivity contribution in [3.05, 3.63) is 21.4 Å². The molecule has 1 aromatic rings. The van der Waals surface area contributed by atoms with E-state index in [0.29, 0.717) is 5.56 Å². The fraction of sp³-hybridized carbons (Fsp3) is 0.500. The van der Waals surface area contributed by atoms with E-state index in [0.717, 1.165) is 16.2 Å². The summed E-state index contributed by atoms with van der Waals surface area (Å²) >= 11 is 1.09. The summed E-state index contributed by atoms with van der Waals surface area (Å²) in [5, 5.41) is 8.80. The Balaban J connectivity index is 2.84. The zero-order valence-corrected chi connectivity index (χ0v) is 11.2. The van der Waals surface area contributed by atoms with Crippen molar-refractivity contribution in [1.29, 1.82) is 0 Å². The Bertz CT molecular complexity index is 501. The van der Waals surface area contributed by atoms with Crippen molar-refractivity contribution < 1.29 is 23.1 Å². The lowest BCUT2D eigenvalue weighted by molar-refractivity contribution is 0.0702. The van der Waals surface area contributed by atoms with Crippen molar-refractivity contribution in [2.24, 2.45) is 0 Å². The number of hydrogen-bond acceptors (Lipinski definition) is 5. The number of aryl methyl sites for hydroxylation is 1. The number of ether oxygens (including phenoxy) is 1. The summed E-state index contributed by atoms with van der Waals surface area (Å²) < 4.78 is 28.1. The first-order valence-corrected chi connectivity index (χ1v) is 7.51. The monoisotopic (exact) mass is 278 g/mol. The number of carboxylic acids is 1. The van der Waals surface area contributed by atoms with Gasteiger partial charge < -0.3 is 9.84 Å². The molecule has 0 aromatic carbocycles. The molecule has 1 heterocycles. The van der Waals surface area contributed by atoms with Gasteiger partial charge in [0.1, 0.15) is 4.88 Å². The van der Waals surface area contributed by atoms with Crippen molar-refractivity contribution in [1.82, 2.24) is 0 Å². The predicted octanol–water partition coefficient (Wildman–Crippen LogP) is 1.32. The van der Waals surface area contributed by atoms with Gasteiger partial charge in [0.25, 0.3) is 0 Å². The molecule has 0 atom stereocenters. The molecule has 0 spiro atoms. The Hall–Kier alpha value is -0.920. The van der Waals surface area contributed by atoms with Gasteiger partial charge in [-0.05, 0) is 18.6 Å². The molecular formula is C10H14O5S2. The summed E-state index contributed by atoms with van der Waals surface area (Å²) in [5.41, 5.74) is 0.559. The van der Waals surface area contributed by atoms with Crippen molar-refractivity contribution in [3.8, 4) is 0 Å². The Morgan fingerprint density at radius 1 is 1.53 bits per heavy atom. The lowest BCUT2D eigenvalue weighted by Gasteiger charge is -2.02. The van der Waals surface area contributed by atoms with Crippen LogP contribution < -0.4 is 0 Å². The highest BCUT2D eigenvalue weighted by Gasteiger charge is 2.17. The van der Waals surface area contributed by atoms with Crippen LogP contribution in [0.4, 0.5) is 0 Å². The number of rotatable bonds is 6. The van der Waals surface area contributed by atoms with Gasteiger partial charge in [-0.3, -0.25) is 0 Å². The van der Waals surface area contributed by atoms with E-state index in [1.807, 2.05) is 0 Å².